The lowest BCUT2D eigenvalue weighted by molar-refractivity contribution is -0.387. The molecule has 3 amide bonds. The lowest BCUT2D eigenvalue weighted by Gasteiger charge is -2.49. The molecule has 12 unspecified atom stereocenters. The van der Waals surface area contributed by atoms with E-state index in [2.05, 4.69) is 29.8 Å². The molecular formula is C82H149N3O33. The highest BCUT2D eigenvalue weighted by Crippen LogP contribution is 2.37. The van der Waals surface area contributed by atoms with E-state index in [-0.39, 0.29) is 12.3 Å². The zero-order valence-electron chi connectivity index (χ0n) is 69.8. The van der Waals surface area contributed by atoms with Gasteiger partial charge in [-0.25, -0.2) is 0 Å². The number of amides is 3. The van der Waals surface area contributed by atoms with Gasteiger partial charge in [0.2, 0.25) is 17.7 Å². The number of allylic oxidation sites excluding steroid dienone is 1. The van der Waals surface area contributed by atoms with Crippen LogP contribution in [-0.4, -0.2) is 352 Å². The Labute approximate surface area is 694 Å². The Morgan fingerprint density at radius 2 is 0.678 bits per heavy atom. The maximum Gasteiger partial charge on any atom is 0.220 e. The molecule has 0 aromatic heterocycles. The van der Waals surface area contributed by atoms with Crippen LogP contribution in [0.2, 0.25) is 0 Å². The van der Waals surface area contributed by atoms with Crippen molar-refractivity contribution in [3.05, 3.63) is 12.2 Å². The van der Waals surface area contributed by atoms with Gasteiger partial charge in [0, 0.05) is 20.3 Å². The maximum atomic E-state index is 13.6. The van der Waals surface area contributed by atoms with Crippen LogP contribution < -0.4 is 16.0 Å². The number of aliphatic hydroxyl groups excluding tert-OH is 18. The van der Waals surface area contributed by atoms with Crippen molar-refractivity contribution in [2.45, 2.75) is 442 Å². The van der Waals surface area contributed by atoms with Crippen LogP contribution in [0.1, 0.15) is 246 Å². The van der Waals surface area contributed by atoms with Crippen LogP contribution >= 0.6 is 0 Å². The van der Waals surface area contributed by atoms with Crippen molar-refractivity contribution in [2.75, 3.05) is 46.2 Å². The van der Waals surface area contributed by atoms with Gasteiger partial charge in [0.15, 0.2) is 37.7 Å². The van der Waals surface area contributed by atoms with Crippen LogP contribution in [-0.2, 0) is 71.2 Å². The molecule has 6 saturated heterocycles. The molecule has 0 aromatic carbocycles. The fraction of sp³-hybridized carbons (Fsp3) is 0.939. The molecule has 6 aliphatic heterocycles. The Morgan fingerprint density at radius 3 is 1.12 bits per heavy atom. The Hall–Kier alpha value is -3.05. The first-order valence-corrected chi connectivity index (χ1v) is 44.0. The van der Waals surface area contributed by atoms with E-state index in [1.807, 2.05) is 6.08 Å². The molecule has 690 valence electrons. The minimum Gasteiger partial charge on any atom is -0.394 e. The quantitative estimate of drug-likeness (QED) is 0.0280. The van der Waals surface area contributed by atoms with Crippen LogP contribution in [0.3, 0.4) is 0 Å². The summed E-state index contributed by atoms with van der Waals surface area (Å²) in [7, 11) is 0. The summed E-state index contributed by atoms with van der Waals surface area (Å²) < 4.78 is 70.5. The second-order valence-corrected chi connectivity index (χ2v) is 32.8. The van der Waals surface area contributed by atoms with E-state index in [0.717, 1.165) is 65.2 Å². The molecule has 0 aromatic rings. The van der Waals surface area contributed by atoms with Gasteiger partial charge in [0.25, 0.3) is 0 Å². The molecular weight excluding hydrogens is 1550 g/mol. The number of aliphatic hydroxyl groups is 18. The topological polar surface area (TPSA) is 562 Å². The van der Waals surface area contributed by atoms with Gasteiger partial charge in [-0.15, -0.1) is 0 Å². The third-order valence-corrected chi connectivity index (χ3v) is 23.2. The third kappa shape index (κ3) is 33.1. The van der Waals surface area contributed by atoms with E-state index < -0.39 is 254 Å². The fourth-order valence-electron chi connectivity index (χ4n) is 16.1. The molecule has 118 heavy (non-hydrogen) atoms. The number of nitrogens with one attached hydrogen (secondary N) is 3. The summed E-state index contributed by atoms with van der Waals surface area (Å²) >= 11 is 0. The van der Waals surface area contributed by atoms with Crippen LogP contribution in [0.15, 0.2) is 12.2 Å². The van der Waals surface area contributed by atoms with E-state index in [4.69, 9.17) is 56.8 Å². The molecule has 0 bridgehead atoms. The molecule has 0 radical (unpaired) electrons. The van der Waals surface area contributed by atoms with Crippen molar-refractivity contribution in [2.24, 2.45) is 0 Å². The fourth-order valence-corrected chi connectivity index (χ4v) is 16.1. The summed E-state index contributed by atoms with van der Waals surface area (Å²) in [4.78, 5) is 38.7. The molecule has 21 N–H and O–H groups in total. The Bertz CT molecular complexity index is 2710. The molecule has 36 nitrogen and oxygen atoms in total. The predicted octanol–water partition coefficient (Wildman–Crippen LogP) is -0.0834. The highest BCUT2D eigenvalue weighted by molar-refractivity contribution is 5.76. The van der Waals surface area contributed by atoms with Gasteiger partial charge in [-0.2, -0.15) is 0 Å². The highest BCUT2D eigenvalue weighted by atomic mass is 16.8. The van der Waals surface area contributed by atoms with E-state index in [9.17, 15) is 106 Å². The second-order valence-electron chi connectivity index (χ2n) is 32.8. The van der Waals surface area contributed by atoms with Crippen molar-refractivity contribution in [1.29, 1.82) is 0 Å². The summed E-state index contributed by atoms with van der Waals surface area (Å²) in [6.45, 7) is 0.458. The summed E-state index contributed by atoms with van der Waals surface area (Å²) in [6.07, 6.45) is -11.3. The number of carbonyl (C=O) groups excluding carboxylic acids is 3. The van der Waals surface area contributed by atoms with Gasteiger partial charge in [0.1, 0.15) is 146 Å². The van der Waals surface area contributed by atoms with E-state index in [1.165, 1.54) is 148 Å². The SMILES string of the molecule is CCCCCCCCCCCCC/C=C/[C@@H](O)[C@H](CO[C@@H]1OC(CO)[C@@H](O[C@@H]2OC(CO)[C@H](O[C@@H]3OC(CO)[C@H](O)[C@H](O[C@@H]4OC(CO[C@@H]5OC(CO)[C@@H](O[C@@H]6OC(CO)[C@H](O)[C@H](O)C6O)[C@H](O)C5NC(C)=O)[C@H](O)[C@H](O)C4NC(C)=O)C3O)[C@H](O)C2O)[C@H](O)C1O)NC(=O)CCCCCCCCCCCCCCCCCCCCCCC. The van der Waals surface area contributed by atoms with Gasteiger partial charge in [0.05, 0.1) is 58.4 Å². The monoisotopic (exact) mass is 1700 g/mol. The molecule has 0 spiro atoms. The van der Waals surface area contributed by atoms with Gasteiger partial charge in [-0.3, -0.25) is 14.4 Å². The largest absolute Gasteiger partial charge is 0.394 e. The minimum atomic E-state index is -2.24. The van der Waals surface area contributed by atoms with Crippen molar-refractivity contribution >= 4 is 17.7 Å². The van der Waals surface area contributed by atoms with Gasteiger partial charge < -0.3 is 165 Å². The molecule has 6 heterocycles. The molecule has 6 fully saturated rings. The summed E-state index contributed by atoms with van der Waals surface area (Å²) in [5, 5.41) is 208. The number of carbonyl (C=O) groups is 3. The smallest absolute Gasteiger partial charge is 0.220 e. The first-order valence-electron chi connectivity index (χ1n) is 44.0. The van der Waals surface area contributed by atoms with Crippen molar-refractivity contribution in [1.82, 2.24) is 16.0 Å². The first kappa shape index (κ1) is 104. The summed E-state index contributed by atoms with van der Waals surface area (Å²) in [5.41, 5.74) is 0. The van der Waals surface area contributed by atoms with Crippen molar-refractivity contribution < 1.29 is 163 Å². The molecule has 32 atom stereocenters. The van der Waals surface area contributed by atoms with Crippen molar-refractivity contribution in [3.8, 4) is 0 Å². The van der Waals surface area contributed by atoms with Crippen LogP contribution in [0.4, 0.5) is 0 Å². The number of ether oxygens (including phenoxy) is 12. The average molecular weight is 1710 g/mol. The Morgan fingerprint density at radius 1 is 0.339 bits per heavy atom. The number of rotatable bonds is 58. The predicted molar refractivity (Wildman–Crippen MR) is 421 cm³/mol. The number of hydrogen-bond acceptors (Lipinski definition) is 33. The maximum absolute atomic E-state index is 13.6. The van der Waals surface area contributed by atoms with Crippen LogP contribution in [0.5, 0.6) is 0 Å². The summed E-state index contributed by atoms with van der Waals surface area (Å²) in [6, 6.07) is -4.44. The van der Waals surface area contributed by atoms with Gasteiger partial charge in [-0.05, 0) is 19.3 Å². The van der Waals surface area contributed by atoms with Crippen molar-refractivity contribution in [3.63, 3.8) is 0 Å². The third-order valence-electron chi connectivity index (χ3n) is 23.2. The normalized spacial score (nSPS) is 35.9. The van der Waals surface area contributed by atoms with E-state index >= 15 is 0 Å². The molecule has 0 saturated carbocycles. The average Bonchev–Trinajstić information content (AvgIpc) is 0.775. The van der Waals surface area contributed by atoms with Gasteiger partial charge >= 0.3 is 0 Å². The summed E-state index contributed by atoms with van der Waals surface area (Å²) in [5.74, 6) is -1.94. The lowest BCUT2D eigenvalue weighted by Crippen LogP contribution is -2.69. The molecule has 0 aliphatic carbocycles. The zero-order valence-corrected chi connectivity index (χ0v) is 69.8. The Kier molecular flexibility index (Phi) is 50.0. The first-order chi connectivity index (χ1) is 56.8. The van der Waals surface area contributed by atoms with Gasteiger partial charge in [-0.1, -0.05) is 219 Å². The Balaban J connectivity index is 1.03. The molecule has 6 rings (SSSR count). The lowest BCUT2D eigenvalue weighted by atomic mass is 9.94. The minimum absolute atomic E-state index is 0.184. The standard InChI is InChI=1S/C82H149N3O33/c1-5-7-9-11-13-15-17-19-20-21-22-23-24-25-26-28-30-32-34-36-38-40-58(94)85-50(51(93)39-37-35-33-31-29-27-18-16-14-12-10-8-6-2)46-107-79-70(104)67(101)74(55(44-89)112-79)116-81-71(105)68(102)75(56(45-90)113-81)117-82-72(106)76(63(97)53(42-87)110-82)118-78-59(83-48(3)91)64(98)62(96)57(114-78)47-108-77-60(84-49(4)92)65(99)73(54(43-88)111-77)115-80-69(103)66(100)61(95)52(41-86)109-80/h37,39,50-57,59-82,86-90,93,95-106H,5-36,38,40-47H2,1-4H3,(H,83,91)(H,84,92)(H,85,94)/b39-37+/t50-,51+,52?,53?,54?,55?,56?,57?,59?,60?,61-,62-,63-,64+,65+,66-,67+,68+,69?,70?,71?,72?,73+,74+,75-,76-,77+,78-,79+,80-,81-,82-/m0/s1. The molecule has 6 aliphatic rings. The van der Waals surface area contributed by atoms with E-state index in [1.54, 1.807) is 6.08 Å². The number of hydrogen-bond donors (Lipinski definition) is 21. The molecule has 36 heteroatoms. The van der Waals surface area contributed by atoms with Crippen LogP contribution in [0.25, 0.3) is 0 Å². The number of unbranched alkanes of at least 4 members (excludes halogenated alkanes) is 31. The van der Waals surface area contributed by atoms with Crippen LogP contribution in [0, 0.1) is 0 Å². The highest BCUT2D eigenvalue weighted by Gasteiger charge is 2.58. The zero-order chi connectivity index (χ0) is 86.2. The second kappa shape index (κ2) is 56.8. The van der Waals surface area contributed by atoms with E-state index in [0.29, 0.717) is 12.8 Å².